The maximum absolute atomic E-state index is 11.2. The van der Waals surface area contributed by atoms with Gasteiger partial charge >= 0.3 is 5.97 Å². The molecule has 1 N–H and O–H groups in total. The largest absolute Gasteiger partial charge is 0.493 e. The highest BCUT2D eigenvalue weighted by Gasteiger charge is 2.08. The number of carboxylic acids is 1. The maximum Gasteiger partial charge on any atom is 0.335 e. The van der Waals surface area contributed by atoms with Crippen LogP contribution >= 0.6 is 0 Å². The highest BCUT2D eigenvalue weighted by Crippen LogP contribution is 2.30. The van der Waals surface area contributed by atoms with E-state index in [-0.39, 0.29) is 12.2 Å². The van der Waals surface area contributed by atoms with Crippen molar-refractivity contribution in [2.45, 2.75) is 6.61 Å². The molecule has 0 spiro atoms. The monoisotopic (exact) mass is 477 g/mol. The van der Waals surface area contributed by atoms with E-state index in [1.807, 2.05) is 78.9 Å². The summed E-state index contributed by atoms with van der Waals surface area (Å²) in [6, 6.07) is 30.0. The van der Waals surface area contributed by atoms with Crippen LogP contribution in [0.4, 0.5) is 5.69 Å². The van der Waals surface area contributed by atoms with E-state index in [1.54, 1.807) is 31.5 Å². The fourth-order valence-electron chi connectivity index (χ4n) is 3.82. The van der Waals surface area contributed by atoms with Gasteiger partial charge in [0.05, 0.1) is 18.4 Å². The van der Waals surface area contributed by atoms with Crippen LogP contribution in [-0.4, -0.2) is 24.4 Å². The summed E-state index contributed by atoms with van der Waals surface area (Å²) in [6.07, 6.45) is 1.76. The van der Waals surface area contributed by atoms with Gasteiger partial charge in [-0.3, -0.25) is 4.99 Å². The zero-order chi connectivity index (χ0) is 24.9. The van der Waals surface area contributed by atoms with Gasteiger partial charge in [0.15, 0.2) is 11.5 Å². The molecule has 5 rings (SSSR count). The molecule has 0 atom stereocenters. The first-order valence-electron chi connectivity index (χ1n) is 11.4. The SMILES string of the molecule is COc1cc(C=Nc2ccc(-c3cc4ccccc4o3)cc2)ccc1OCc1cccc(C(=O)O)c1. The Hall–Kier alpha value is -4.84. The van der Waals surface area contributed by atoms with Crippen molar-refractivity contribution >= 4 is 28.8 Å². The minimum atomic E-state index is -0.970. The maximum atomic E-state index is 11.2. The smallest absolute Gasteiger partial charge is 0.335 e. The summed E-state index contributed by atoms with van der Waals surface area (Å²) >= 11 is 0. The molecule has 0 fully saturated rings. The van der Waals surface area contributed by atoms with Gasteiger partial charge in [0.1, 0.15) is 18.0 Å². The predicted molar refractivity (Wildman–Crippen MR) is 140 cm³/mol. The van der Waals surface area contributed by atoms with Crippen molar-refractivity contribution in [2.24, 2.45) is 4.99 Å². The summed E-state index contributed by atoms with van der Waals surface area (Å²) in [5, 5.41) is 10.2. The number of para-hydroxylation sites is 1. The predicted octanol–water partition coefficient (Wildman–Crippen LogP) is 7.14. The molecular formula is C30H23NO5. The number of carboxylic acid groups (broad SMARTS) is 1. The standard InChI is InChI=1S/C30H23NO5/c1-34-29-16-20(9-14-27(29)35-19-21-5-4-7-24(15-21)30(32)33)18-31-25-12-10-22(11-13-25)28-17-23-6-2-3-8-26(23)36-28/h2-18H,19H2,1H3,(H,32,33). The van der Waals surface area contributed by atoms with Crippen LogP contribution in [0, 0.1) is 0 Å². The summed E-state index contributed by atoms with van der Waals surface area (Å²) < 4.78 is 17.3. The van der Waals surface area contributed by atoms with Crippen LogP contribution in [0.15, 0.2) is 106 Å². The van der Waals surface area contributed by atoms with E-state index in [4.69, 9.17) is 19.0 Å². The number of methoxy groups -OCH3 is 1. The Morgan fingerprint density at radius 1 is 0.917 bits per heavy atom. The number of hydrogen-bond acceptors (Lipinski definition) is 5. The summed E-state index contributed by atoms with van der Waals surface area (Å²) in [5.74, 6) is 0.975. The molecule has 0 amide bonds. The van der Waals surface area contributed by atoms with Gasteiger partial charge in [-0.05, 0) is 77.9 Å². The van der Waals surface area contributed by atoms with Crippen LogP contribution in [0.5, 0.6) is 11.5 Å². The lowest BCUT2D eigenvalue weighted by Gasteiger charge is -2.11. The van der Waals surface area contributed by atoms with Gasteiger partial charge in [-0.2, -0.15) is 0 Å². The normalized spacial score (nSPS) is 11.1. The number of furan rings is 1. The zero-order valence-corrected chi connectivity index (χ0v) is 19.5. The van der Waals surface area contributed by atoms with E-state index in [0.717, 1.165) is 39.1 Å². The molecule has 1 heterocycles. The first-order valence-corrected chi connectivity index (χ1v) is 11.4. The molecule has 6 nitrogen and oxygen atoms in total. The number of aromatic carboxylic acids is 1. The molecule has 5 aromatic rings. The molecule has 0 aliphatic rings. The molecule has 178 valence electrons. The van der Waals surface area contributed by atoms with Crippen molar-refractivity contribution < 1.29 is 23.8 Å². The van der Waals surface area contributed by atoms with Gasteiger partial charge in [-0.1, -0.05) is 30.3 Å². The Morgan fingerprint density at radius 2 is 1.75 bits per heavy atom. The molecule has 1 aromatic heterocycles. The highest BCUT2D eigenvalue weighted by molar-refractivity contribution is 5.87. The third-order valence-corrected chi connectivity index (χ3v) is 5.70. The molecule has 6 heteroatoms. The third kappa shape index (κ3) is 5.13. The number of hydrogen-bond donors (Lipinski definition) is 1. The number of nitrogens with zero attached hydrogens (tertiary/aromatic N) is 1. The van der Waals surface area contributed by atoms with Crippen molar-refractivity contribution in [3.8, 4) is 22.8 Å². The van der Waals surface area contributed by atoms with Gasteiger partial charge in [-0.15, -0.1) is 0 Å². The van der Waals surface area contributed by atoms with Crippen LogP contribution in [0.25, 0.3) is 22.3 Å². The van der Waals surface area contributed by atoms with Crippen molar-refractivity contribution in [3.63, 3.8) is 0 Å². The number of fused-ring (bicyclic) bond motifs is 1. The second kappa shape index (κ2) is 10.2. The van der Waals surface area contributed by atoms with Crippen LogP contribution in [0.1, 0.15) is 21.5 Å². The summed E-state index contributed by atoms with van der Waals surface area (Å²) in [7, 11) is 1.57. The first-order chi connectivity index (χ1) is 17.6. The van der Waals surface area contributed by atoms with E-state index in [9.17, 15) is 4.79 Å². The van der Waals surface area contributed by atoms with Gasteiger partial charge < -0.3 is 19.0 Å². The second-order valence-electron chi connectivity index (χ2n) is 8.16. The molecule has 0 saturated carbocycles. The molecule has 0 radical (unpaired) electrons. The Bertz CT molecular complexity index is 1520. The van der Waals surface area contributed by atoms with Crippen molar-refractivity contribution in [1.29, 1.82) is 0 Å². The lowest BCUT2D eigenvalue weighted by molar-refractivity contribution is 0.0696. The quantitative estimate of drug-likeness (QED) is 0.240. The van der Waals surface area contributed by atoms with Crippen LogP contribution in [0.2, 0.25) is 0 Å². The fraction of sp³-hybridized carbons (Fsp3) is 0.0667. The first kappa shape index (κ1) is 22.9. The number of ether oxygens (including phenoxy) is 2. The number of benzene rings is 4. The molecule has 36 heavy (non-hydrogen) atoms. The molecule has 0 aliphatic heterocycles. The number of rotatable bonds is 8. The number of carbonyl (C=O) groups is 1. The average molecular weight is 478 g/mol. The minimum Gasteiger partial charge on any atom is -0.493 e. The van der Waals surface area contributed by atoms with Crippen LogP contribution < -0.4 is 9.47 Å². The average Bonchev–Trinajstić information content (AvgIpc) is 3.36. The molecule has 0 saturated heterocycles. The van der Waals surface area contributed by atoms with E-state index in [0.29, 0.717) is 11.5 Å². The molecule has 0 bridgehead atoms. The Morgan fingerprint density at radius 3 is 2.53 bits per heavy atom. The van der Waals surface area contributed by atoms with Crippen LogP contribution in [-0.2, 0) is 6.61 Å². The van der Waals surface area contributed by atoms with Crippen molar-refractivity contribution in [3.05, 3.63) is 114 Å². The zero-order valence-electron chi connectivity index (χ0n) is 19.5. The Balaban J connectivity index is 1.26. The lowest BCUT2D eigenvalue weighted by Crippen LogP contribution is -2.01. The van der Waals surface area contributed by atoms with Gasteiger partial charge in [-0.25, -0.2) is 4.79 Å². The Labute approximate surface area is 208 Å². The highest BCUT2D eigenvalue weighted by atomic mass is 16.5. The van der Waals surface area contributed by atoms with Gasteiger partial charge in [0.2, 0.25) is 0 Å². The minimum absolute atomic E-state index is 0.222. The molecule has 4 aromatic carbocycles. The topological polar surface area (TPSA) is 81.3 Å². The molecule has 0 aliphatic carbocycles. The molecule has 0 unspecified atom stereocenters. The fourth-order valence-corrected chi connectivity index (χ4v) is 3.82. The van der Waals surface area contributed by atoms with E-state index in [1.165, 1.54) is 0 Å². The van der Waals surface area contributed by atoms with E-state index in [2.05, 4.69) is 4.99 Å². The van der Waals surface area contributed by atoms with Crippen molar-refractivity contribution in [2.75, 3.05) is 7.11 Å². The second-order valence-corrected chi connectivity index (χ2v) is 8.16. The molecular weight excluding hydrogens is 454 g/mol. The summed E-state index contributed by atoms with van der Waals surface area (Å²) in [6.45, 7) is 0.225. The van der Waals surface area contributed by atoms with E-state index < -0.39 is 5.97 Å². The lowest BCUT2D eigenvalue weighted by atomic mass is 10.1. The Kier molecular flexibility index (Phi) is 6.49. The van der Waals surface area contributed by atoms with Crippen LogP contribution in [0.3, 0.4) is 0 Å². The third-order valence-electron chi connectivity index (χ3n) is 5.70. The summed E-state index contributed by atoms with van der Waals surface area (Å²) in [5.41, 5.74) is 4.50. The van der Waals surface area contributed by atoms with E-state index >= 15 is 0 Å². The number of aliphatic imine (C=N–C) groups is 1. The van der Waals surface area contributed by atoms with Gasteiger partial charge in [0.25, 0.3) is 0 Å². The summed E-state index contributed by atoms with van der Waals surface area (Å²) in [4.78, 5) is 15.7. The van der Waals surface area contributed by atoms with Crippen molar-refractivity contribution in [1.82, 2.24) is 0 Å². The van der Waals surface area contributed by atoms with Gasteiger partial charge in [0, 0.05) is 17.2 Å².